The molecule has 2 heterocycles. The van der Waals surface area contributed by atoms with Crippen LogP contribution >= 0.6 is 0 Å². The maximum Gasteiger partial charge on any atom is 0.139 e. The lowest BCUT2D eigenvalue weighted by Gasteiger charge is -1.99. The summed E-state index contributed by atoms with van der Waals surface area (Å²) in [6, 6.07) is 4.14. The summed E-state index contributed by atoms with van der Waals surface area (Å²) in [6.45, 7) is 4.23. The Kier molecular flexibility index (Phi) is 1.61. The van der Waals surface area contributed by atoms with E-state index in [1.54, 1.807) is 0 Å². The summed E-state index contributed by atoms with van der Waals surface area (Å²) in [5.74, 6) is 0. The molecule has 0 fully saturated rings. The van der Waals surface area contributed by atoms with Gasteiger partial charge in [-0.05, 0) is 25.0 Å². The van der Waals surface area contributed by atoms with Gasteiger partial charge in [-0.3, -0.25) is 0 Å². The van der Waals surface area contributed by atoms with Crippen molar-refractivity contribution in [3.05, 3.63) is 35.8 Å². The summed E-state index contributed by atoms with van der Waals surface area (Å²) in [5, 5.41) is 0. The van der Waals surface area contributed by atoms with E-state index in [4.69, 9.17) is 0 Å². The first-order chi connectivity index (χ1) is 5.83. The van der Waals surface area contributed by atoms with Gasteiger partial charge in [-0.25, -0.2) is 4.98 Å². The molecule has 0 radical (unpaired) electrons. The van der Waals surface area contributed by atoms with Gasteiger partial charge >= 0.3 is 0 Å². The van der Waals surface area contributed by atoms with E-state index >= 15 is 0 Å². The van der Waals surface area contributed by atoms with Crippen LogP contribution in [-0.4, -0.2) is 9.38 Å². The molecule has 0 saturated carbocycles. The first kappa shape index (κ1) is 7.35. The molecule has 2 aromatic rings. The predicted octanol–water partition coefficient (Wildman–Crippen LogP) is 2.21. The molecule has 0 aliphatic rings. The van der Waals surface area contributed by atoms with Gasteiger partial charge in [0.25, 0.3) is 0 Å². The number of aromatic nitrogens is 2. The second kappa shape index (κ2) is 2.63. The van der Waals surface area contributed by atoms with Crippen LogP contribution in [-0.2, 0) is 6.42 Å². The minimum Gasteiger partial charge on any atom is -0.304 e. The van der Waals surface area contributed by atoms with Crippen molar-refractivity contribution in [1.82, 2.24) is 9.38 Å². The molecule has 12 heavy (non-hydrogen) atoms. The summed E-state index contributed by atoms with van der Waals surface area (Å²) in [4.78, 5) is 4.35. The summed E-state index contributed by atoms with van der Waals surface area (Å²) < 4.78 is 2.15. The highest BCUT2D eigenvalue weighted by molar-refractivity contribution is 5.48. The molecule has 0 unspecified atom stereocenters. The summed E-state index contributed by atoms with van der Waals surface area (Å²) in [5.41, 5.74) is 3.58. The zero-order chi connectivity index (χ0) is 8.55. The molecular formula is C10H12N2. The van der Waals surface area contributed by atoms with Crippen molar-refractivity contribution >= 4 is 5.65 Å². The van der Waals surface area contributed by atoms with Crippen molar-refractivity contribution in [3.8, 4) is 0 Å². The van der Waals surface area contributed by atoms with E-state index in [0.717, 1.165) is 12.1 Å². The standard InChI is InChI=1S/C10H12N2/c1-3-9-7-11-10-8(2)5-4-6-12(9)10/h4-7H,3H2,1-2H3. The van der Waals surface area contributed by atoms with Crippen molar-refractivity contribution in [2.45, 2.75) is 20.3 Å². The van der Waals surface area contributed by atoms with Crippen LogP contribution < -0.4 is 0 Å². The molecule has 0 aliphatic heterocycles. The third-order valence-electron chi connectivity index (χ3n) is 2.17. The molecule has 0 saturated heterocycles. The molecule has 2 aromatic heterocycles. The smallest absolute Gasteiger partial charge is 0.139 e. The number of fused-ring (bicyclic) bond motifs is 1. The molecule has 2 rings (SSSR count). The number of nitrogens with zero attached hydrogens (tertiary/aromatic N) is 2. The summed E-state index contributed by atoms with van der Waals surface area (Å²) >= 11 is 0. The van der Waals surface area contributed by atoms with E-state index in [1.165, 1.54) is 11.3 Å². The van der Waals surface area contributed by atoms with Gasteiger partial charge in [0, 0.05) is 18.1 Å². The fourth-order valence-electron chi connectivity index (χ4n) is 1.46. The average molecular weight is 160 g/mol. The van der Waals surface area contributed by atoms with E-state index in [0.29, 0.717) is 0 Å². The van der Waals surface area contributed by atoms with Crippen LogP contribution in [0.3, 0.4) is 0 Å². The van der Waals surface area contributed by atoms with Gasteiger partial charge < -0.3 is 4.40 Å². The third-order valence-corrected chi connectivity index (χ3v) is 2.17. The number of pyridine rings is 1. The molecule has 0 amide bonds. The van der Waals surface area contributed by atoms with Crippen molar-refractivity contribution < 1.29 is 0 Å². The minimum absolute atomic E-state index is 1.03. The molecule has 2 heteroatoms. The molecule has 0 spiro atoms. The molecule has 0 aliphatic carbocycles. The Morgan fingerprint density at radius 3 is 3.08 bits per heavy atom. The van der Waals surface area contributed by atoms with Crippen LogP contribution in [0.25, 0.3) is 5.65 Å². The van der Waals surface area contributed by atoms with Gasteiger partial charge in [0.2, 0.25) is 0 Å². The van der Waals surface area contributed by atoms with Crippen LogP contribution in [0.4, 0.5) is 0 Å². The largest absolute Gasteiger partial charge is 0.304 e. The number of rotatable bonds is 1. The first-order valence-corrected chi connectivity index (χ1v) is 4.24. The third kappa shape index (κ3) is 0.916. The first-order valence-electron chi connectivity index (χ1n) is 4.24. The Hall–Kier alpha value is -1.31. The molecular weight excluding hydrogens is 148 g/mol. The Morgan fingerprint density at radius 2 is 2.33 bits per heavy atom. The van der Waals surface area contributed by atoms with Crippen LogP contribution in [0.1, 0.15) is 18.2 Å². The molecule has 0 bridgehead atoms. The number of imidazole rings is 1. The lowest BCUT2D eigenvalue weighted by atomic mass is 10.3. The monoisotopic (exact) mass is 160 g/mol. The van der Waals surface area contributed by atoms with Gasteiger partial charge in [-0.1, -0.05) is 13.0 Å². The number of hydrogen-bond donors (Lipinski definition) is 0. The Labute approximate surface area is 71.9 Å². The number of aryl methyl sites for hydroxylation is 2. The molecule has 2 nitrogen and oxygen atoms in total. The Morgan fingerprint density at radius 1 is 1.50 bits per heavy atom. The maximum atomic E-state index is 4.35. The van der Waals surface area contributed by atoms with Crippen molar-refractivity contribution in [3.63, 3.8) is 0 Å². The van der Waals surface area contributed by atoms with Crippen LogP contribution in [0, 0.1) is 6.92 Å². The zero-order valence-electron chi connectivity index (χ0n) is 7.41. The van der Waals surface area contributed by atoms with Crippen molar-refractivity contribution in [1.29, 1.82) is 0 Å². The predicted molar refractivity (Wildman–Crippen MR) is 49.3 cm³/mol. The van der Waals surface area contributed by atoms with Crippen LogP contribution in [0.2, 0.25) is 0 Å². The van der Waals surface area contributed by atoms with Crippen molar-refractivity contribution in [2.24, 2.45) is 0 Å². The van der Waals surface area contributed by atoms with Gasteiger partial charge in [0.05, 0.1) is 0 Å². The van der Waals surface area contributed by atoms with Crippen LogP contribution in [0.15, 0.2) is 24.5 Å². The van der Waals surface area contributed by atoms with Crippen LogP contribution in [0.5, 0.6) is 0 Å². The maximum absolute atomic E-state index is 4.35. The van der Waals surface area contributed by atoms with E-state index in [2.05, 4.69) is 41.6 Å². The topological polar surface area (TPSA) is 17.3 Å². The van der Waals surface area contributed by atoms with Gasteiger partial charge in [-0.15, -0.1) is 0 Å². The molecule has 62 valence electrons. The van der Waals surface area contributed by atoms with Gasteiger partial charge in [0.1, 0.15) is 5.65 Å². The fraction of sp³-hybridized carbons (Fsp3) is 0.300. The van der Waals surface area contributed by atoms with E-state index < -0.39 is 0 Å². The highest BCUT2D eigenvalue weighted by atomic mass is 15.0. The number of hydrogen-bond acceptors (Lipinski definition) is 1. The average Bonchev–Trinajstić information content (AvgIpc) is 2.49. The second-order valence-electron chi connectivity index (χ2n) is 2.99. The molecule has 0 N–H and O–H groups in total. The molecule has 0 atom stereocenters. The lowest BCUT2D eigenvalue weighted by molar-refractivity contribution is 0.991. The highest BCUT2D eigenvalue weighted by Crippen LogP contribution is 2.10. The summed E-state index contributed by atoms with van der Waals surface area (Å²) in [6.07, 6.45) is 5.04. The highest BCUT2D eigenvalue weighted by Gasteiger charge is 2.01. The zero-order valence-corrected chi connectivity index (χ0v) is 7.41. The van der Waals surface area contributed by atoms with Gasteiger partial charge in [-0.2, -0.15) is 0 Å². The summed E-state index contributed by atoms with van der Waals surface area (Å²) in [7, 11) is 0. The lowest BCUT2D eigenvalue weighted by Crippen LogP contribution is -1.90. The minimum atomic E-state index is 1.03. The Bertz CT molecular complexity index is 401. The van der Waals surface area contributed by atoms with E-state index in [1.807, 2.05) is 6.20 Å². The van der Waals surface area contributed by atoms with Crippen molar-refractivity contribution in [2.75, 3.05) is 0 Å². The van der Waals surface area contributed by atoms with E-state index in [-0.39, 0.29) is 0 Å². The molecule has 0 aromatic carbocycles. The van der Waals surface area contributed by atoms with Gasteiger partial charge in [0.15, 0.2) is 0 Å². The quantitative estimate of drug-likeness (QED) is 0.625. The second-order valence-corrected chi connectivity index (χ2v) is 2.99. The van der Waals surface area contributed by atoms with E-state index in [9.17, 15) is 0 Å². The SMILES string of the molecule is CCc1cnc2c(C)cccn12. The Balaban J connectivity index is 2.80. The normalized spacial score (nSPS) is 10.8. The fourth-order valence-corrected chi connectivity index (χ4v) is 1.46.